The second-order valence-corrected chi connectivity index (χ2v) is 4.98. The van der Waals surface area contributed by atoms with E-state index in [4.69, 9.17) is 15.1 Å². The van der Waals surface area contributed by atoms with Gasteiger partial charge in [0.1, 0.15) is 11.6 Å². The fourth-order valence-corrected chi connectivity index (χ4v) is 1.76. The van der Waals surface area contributed by atoms with Crippen molar-refractivity contribution in [3.63, 3.8) is 0 Å². The van der Waals surface area contributed by atoms with Crippen LogP contribution in [0.2, 0.25) is 0 Å². The van der Waals surface area contributed by atoms with Crippen LogP contribution in [0.3, 0.4) is 0 Å². The average molecular weight is 277 g/mol. The molecule has 0 spiro atoms. The molecule has 1 fully saturated rings. The van der Waals surface area contributed by atoms with Gasteiger partial charge >= 0.3 is 12.1 Å². The van der Waals surface area contributed by atoms with E-state index in [-0.39, 0.29) is 19.0 Å². The van der Waals surface area contributed by atoms with Gasteiger partial charge < -0.3 is 9.84 Å². The van der Waals surface area contributed by atoms with Gasteiger partial charge in [-0.2, -0.15) is 5.26 Å². The highest BCUT2D eigenvalue weighted by molar-refractivity contribution is 5.85. The van der Waals surface area contributed by atoms with E-state index >= 15 is 0 Å². The van der Waals surface area contributed by atoms with Crippen LogP contribution < -0.4 is 0 Å². The van der Waals surface area contributed by atoms with Crippen molar-refractivity contribution >= 4 is 24.5 Å². The van der Waals surface area contributed by atoms with Gasteiger partial charge in [0.05, 0.1) is 12.0 Å². The molecular weight excluding hydrogens is 260 g/mol. The maximum Gasteiger partial charge on any atom is 0.411 e. The number of rotatable bonds is 1. The molecule has 2 atom stereocenters. The molecule has 0 aliphatic carbocycles. The summed E-state index contributed by atoms with van der Waals surface area (Å²) in [5.41, 5.74) is -0.676. The smallest absolute Gasteiger partial charge is 0.411 e. The first-order valence-electron chi connectivity index (χ1n) is 5.38. The first kappa shape index (κ1) is 16.5. The van der Waals surface area contributed by atoms with Gasteiger partial charge in [0, 0.05) is 6.54 Å². The SMILES string of the molecule is CC(C)(C)OC(=O)N1CC[C@@H](C#N)[C@H]1C(=O)O.Cl. The summed E-state index contributed by atoms with van der Waals surface area (Å²) >= 11 is 0. The molecule has 1 N–H and O–H groups in total. The molecule has 18 heavy (non-hydrogen) atoms. The molecule has 0 bridgehead atoms. The Hall–Kier alpha value is -1.48. The second kappa shape index (κ2) is 5.91. The van der Waals surface area contributed by atoms with Crippen molar-refractivity contribution in [3.8, 4) is 6.07 Å². The van der Waals surface area contributed by atoms with Crippen molar-refractivity contribution in [2.75, 3.05) is 6.54 Å². The standard InChI is InChI=1S/C11H16N2O4.ClH/c1-11(2,3)17-10(16)13-5-4-7(6-12)8(13)9(14)15;/h7-8H,4-5H2,1-3H3,(H,14,15);1H/t7-,8-;/m0./s1. The fraction of sp³-hybridized carbons (Fsp3) is 0.727. The molecule has 0 aromatic heterocycles. The Kier molecular flexibility index (Phi) is 5.43. The van der Waals surface area contributed by atoms with Crippen LogP contribution in [0, 0.1) is 17.2 Å². The second-order valence-electron chi connectivity index (χ2n) is 4.98. The number of ether oxygens (including phenoxy) is 1. The van der Waals surface area contributed by atoms with E-state index in [2.05, 4.69) is 0 Å². The zero-order valence-electron chi connectivity index (χ0n) is 10.5. The number of hydrogen-bond acceptors (Lipinski definition) is 4. The summed E-state index contributed by atoms with van der Waals surface area (Å²) in [5.74, 6) is -1.83. The molecule has 0 saturated carbocycles. The lowest BCUT2D eigenvalue weighted by Gasteiger charge is -2.27. The lowest BCUT2D eigenvalue weighted by Crippen LogP contribution is -2.45. The highest BCUT2D eigenvalue weighted by Gasteiger charge is 2.43. The Morgan fingerprint density at radius 2 is 2.00 bits per heavy atom. The molecule has 1 aliphatic heterocycles. The van der Waals surface area contributed by atoms with Crippen molar-refractivity contribution in [1.82, 2.24) is 4.90 Å². The maximum atomic E-state index is 11.8. The maximum absolute atomic E-state index is 11.8. The number of aliphatic carboxylic acids is 1. The van der Waals surface area contributed by atoms with E-state index in [1.807, 2.05) is 6.07 Å². The predicted octanol–water partition coefficient (Wildman–Crippen LogP) is 1.64. The molecule has 6 nitrogen and oxygen atoms in total. The van der Waals surface area contributed by atoms with Crippen molar-refractivity contribution in [2.24, 2.45) is 5.92 Å². The third kappa shape index (κ3) is 3.77. The van der Waals surface area contributed by atoms with Crippen LogP contribution in [0.25, 0.3) is 0 Å². The van der Waals surface area contributed by atoms with Crippen LogP contribution in [0.4, 0.5) is 4.79 Å². The molecule has 1 heterocycles. The van der Waals surface area contributed by atoms with Crippen LogP contribution >= 0.6 is 12.4 Å². The van der Waals surface area contributed by atoms with E-state index < -0.39 is 29.6 Å². The van der Waals surface area contributed by atoms with Gasteiger partial charge in [0.25, 0.3) is 0 Å². The summed E-state index contributed by atoms with van der Waals surface area (Å²) in [6.45, 7) is 5.36. The number of amides is 1. The number of hydrogen-bond donors (Lipinski definition) is 1. The molecule has 1 amide bonds. The number of likely N-dealkylation sites (tertiary alicyclic amines) is 1. The third-order valence-corrected chi connectivity index (χ3v) is 2.44. The third-order valence-electron chi connectivity index (χ3n) is 2.44. The van der Waals surface area contributed by atoms with Crippen molar-refractivity contribution in [2.45, 2.75) is 38.8 Å². The molecule has 0 aromatic rings. The Labute approximate surface area is 112 Å². The zero-order chi connectivity index (χ0) is 13.2. The van der Waals surface area contributed by atoms with Crippen LogP contribution in [-0.2, 0) is 9.53 Å². The first-order valence-corrected chi connectivity index (χ1v) is 5.38. The topological polar surface area (TPSA) is 90.6 Å². The van der Waals surface area contributed by atoms with Crippen LogP contribution in [0.15, 0.2) is 0 Å². The number of carboxylic acids is 1. The first-order chi connectivity index (χ1) is 7.76. The quantitative estimate of drug-likeness (QED) is 0.786. The highest BCUT2D eigenvalue weighted by Crippen LogP contribution is 2.26. The Morgan fingerprint density at radius 1 is 1.44 bits per heavy atom. The van der Waals surface area contributed by atoms with Gasteiger partial charge in [-0.3, -0.25) is 4.90 Å². The largest absolute Gasteiger partial charge is 0.480 e. The summed E-state index contributed by atoms with van der Waals surface area (Å²) in [7, 11) is 0. The zero-order valence-corrected chi connectivity index (χ0v) is 11.4. The van der Waals surface area contributed by atoms with Crippen molar-refractivity contribution < 1.29 is 19.4 Å². The molecule has 1 aliphatic rings. The number of halogens is 1. The number of carboxylic acid groups (broad SMARTS) is 1. The van der Waals surface area contributed by atoms with Crippen LogP contribution in [0.1, 0.15) is 27.2 Å². The molecule has 0 aromatic carbocycles. The Bertz CT molecular complexity index is 372. The number of nitriles is 1. The minimum Gasteiger partial charge on any atom is -0.480 e. The highest BCUT2D eigenvalue weighted by atomic mass is 35.5. The number of carbonyl (C=O) groups is 2. The van der Waals surface area contributed by atoms with Crippen LogP contribution in [0.5, 0.6) is 0 Å². The monoisotopic (exact) mass is 276 g/mol. The van der Waals surface area contributed by atoms with Crippen LogP contribution in [-0.4, -0.2) is 40.3 Å². The Morgan fingerprint density at radius 3 is 2.39 bits per heavy atom. The van der Waals surface area contributed by atoms with Gasteiger partial charge in [-0.05, 0) is 27.2 Å². The molecule has 0 unspecified atom stereocenters. The lowest BCUT2D eigenvalue weighted by atomic mass is 10.0. The number of carbonyl (C=O) groups excluding carboxylic acids is 1. The summed E-state index contributed by atoms with van der Waals surface area (Å²) in [6, 6.07) is 0.811. The van der Waals surface area contributed by atoms with E-state index in [1.54, 1.807) is 20.8 Å². The van der Waals surface area contributed by atoms with Gasteiger partial charge in [0.15, 0.2) is 0 Å². The van der Waals surface area contributed by atoms with Gasteiger partial charge in [-0.15, -0.1) is 12.4 Å². The summed E-state index contributed by atoms with van der Waals surface area (Å²) in [6.07, 6.45) is -0.310. The molecule has 102 valence electrons. The molecule has 0 radical (unpaired) electrons. The summed E-state index contributed by atoms with van der Waals surface area (Å²) in [5, 5.41) is 17.9. The normalized spacial score (nSPS) is 22.9. The summed E-state index contributed by atoms with van der Waals surface area (Å²) in [4.78, 5) is 23.9. The molecule has 7 heteroatoms. The molecular formula is C11H17ClN2O4. The van der Waals surface area contributed by atoms with Crippen molar-refractivity contribution in [3.05, 3.63) is 0 Å². The summed E-state index contributed by atoms with van der Waals surface area (Å²) < 4.78 is 5.11. The van der Waals surface area contributed by atoms with Crippen molar-refractivity contribution in [1.29, 1.82) is 5.26 Å². The minimum atomic E-state index is -1.17. The van der Waals surface area contributed by atoms with Gasteiger partial charge in [-0.1, -0.05) is 0 Å². The fourth-order valence-electron chi connectivity index (χ4n) is 1.76. The lowest BCUT2D eigenvalue weighted by molar-refractivity contribution is -0.142. The van der Waals surface area contributed by atoms with E-state index in [1.165, 1.54) is 0 Å². The Balaban J connectivity index is 0.00000289. The molecule has 1 rings (SSSR count). The minimum absolute atomic E-state index is 0. The van der Waals surface area contributed by atoms with E-state index in [0.717, 1.165) is 4.90 Å². The average Bonchev–Trinajstić information content (AvgIpc) is 2.57. The van der Waals surface area contributed by atoms with Gasteiger partial charge in [0.2, 0.25) is 0 Å². The predicted molar refractivity (Wildman–Crippen MR) is 65.3 cm³/mol. The number of nitrogens with zero attached hydrogens (tertiary/aromatic N) is 2. The van der Waals surface area contributed by atoms with E-state index in [9.17, 15) is 9.59 Å². The van der Waals surface area contributed by atoms with Gasteiger partial charge in [-0.25, -0.2) is 9.59 Å². The van der Waals surface area contributed by atoms with E-state index in [0.29, 0.717) is 6.42 Å². The molecule has 1 saturated heterocycles.